The van der Waals surface area contributed by atoms with Crippen LogP contribution in [-0.2, 0) is 26.3 Å². The summed E-state index contributed by atoms with van der Waals surface area (Å²) in [6.07, 6.45) is -4.75. The zero-order valence-electron chi connectivity index (χ0n) is 13.1. The molecule has 0 aromatic heterocycles. The maximum Gasteiger partial charge on any atom is 0.419 e. The van der Waals surface area contributed by atoms with Gasteiger partial charge in [0.1, 0.15) is 12.4 Å². The number of halogens is 4. The van der Waals surface area contributed by atoms with Crippen LogP contribution < -0.4 is 0 Å². The van der Waals surface area contributed by atoms with Crippen LogP contribution in [0.25, 0.3) is 0 Å². The maximum absolute atomic E-state index is 13.5. The van der Waals surface area contributed by atoms with Gasteiger partial charge in [0.05, 0.1) is 6.61 Å². The number of rotatable bonds is 5. The second-order valence-corrected chi connectivity index (χ2v) is 6.42. The summed E-state index contributed by atoms with van der Waals surface area (Å²) < 4.78 is 62.3. The molecule has 1 aromatic rings. The van der Waals surface area contributed by atoms with Gasteiger partial charge < -0.3 is 9.47 Å². The van der Waals surface area contributed by atoms with Gasteiger partial charge in [0, 0.05) is 6.92 Å². The molecular formula is C16H18F4O3. The lowest BCUT2D eigenvalue weighted by atomic mass is 9.75. The summed E-state index contributed by atoms with van der Waals surface area (Å²) in [6, 6.07) is 3.79. The van der Waals surface area contributed by atoms with Crippen molar-refractivity contribution in [2.75, 3.05) is 6.61 Å². The maximum atomic E-state index is 13.5. The van der Waals surface area contributed by atoms with Gasteiger partial charge in [0.25, 0.3) is 0 Å². The highest BCUT2D eigenvalue weighted by molar-refractivity contribution is 5.66. The van der Waals surface area contributed by atoms with E-state index in [1.54, 1.807) is 13.8 Å². The van der Waals surface area contributed by atoms with Crippen molar-refractivity contribution in [2.24, 2.45) is 0 Å². The van der Waals surface area contributed by atoms with Crippen molar-refractivity contribution < 1.29 is 31.8 Å². The van der Waals surface area contributed by atoms with Crippen molar-refractivity contribution >= 4 is 5.97 Å². The number of hydrogen-bond acceptors (Lipinski definition) is 3. The Balaban J connectivity index is 2.30. The van der Waals surface area contributed by atoms with Crippen molar-refractivity contribution in [1.29, 1.82) is 0 Å². The van der Waals surface area contributed by atoms with Crippen LogP contribution in [0.1, 0.15) is 38.3 Å². The first-order valence-corrected chi connectivity index (χ1v) is 7.10. The third kappa shape index (κ3) is 3.83. The number of carbonyl (C=O) groups is 1. The number of benzene rings is 1. The van der Waals surface area contributed by atoms with E-state index >= 15 is 0 Å². The summed E-state index contributed by atoms with van der Waals surface area (Å²) in [5, 5.41) is 0. The molecule has 1 unspecified atom stereocenters. The van der Waals surface area contributed by atoms with Gasteiger partial charge in [0.2, 0.25) is 0 Å². The van der Waals surface area contributed by atoms with Crippen molar-refractivity contribution in [3.05, 3.63) is 35.1 Å². The first-order valence-electron chi connectivity index (χ1n) is 7.10. The van der Waals surface area contributed by atoms with Gasteiger partial charge in [-0.05, 0) is 35.1 Å². The van der Waals surface area contributed by atoms with Gasteiger partial charge in [0.15, 0.2) is 5.60 Å². The average Bonchev–Trinajstić information content (AvgIpc) is 3.15. The van der Waals surface area contributed by atoms with Crippen molar-refractivity contribution in [1.82, 2.24) is 0 Å². The van der Waals surface area contributed by atoms with E-state index < -0.39 is 29.0 Å². The lowest BCUT2D eigenvalue weighted by Gasteiger charge is -2.31. The fourth-order valence-electron chi connectivity index (χ4n) is 2.78. The molecule has 1 aliphatic rings. The third-order valence-electron chi connectivity index (χ3n) is 3.96. The van der Waals surface area contributed by atoms with E-state index in [1.165, 1.54) is 25.1 Å². The molecule has 0 N–H and O–H groups in total. The summed E-state index contributed by atoms with van der Waals surface area (Å²) in [6.45, 7) is 3.91. The van der Waals surface area contributed by atoms with Crippen molar-refractivity contribution in [2.45, 2.75) is 51.0 Å². The van der Waals surface area contributed by atoms with Crippen LogP contribution in [0, 0.1) is 5.82 Å². The highest BCUT2D eigenvalue weighted by Crippen LogP contribution is 2.51. The normalized spacial score (nSPS) is 21.2. The molecule has 0 saturated carbocycles. The van der Waals surface area contributed by atoms with Crippen LogP contribution in [0.5, 0.6) is 0 Å². The number of epoxide rings is 1. The molecular weight excluding hydrogens is 316 g/mol. The molecule has 1 aromatic carbocycles. The second-order valence-electron chi connectivity index (χ2n) is 6.42. The highest BCUT2D eigenvalue weighted by atomic mass is 19.4. The minimum Gasteiger partial charge on any atom is -0.461 e. The Kier molecular flexibility index (Phi) is 4.45. The molecule has 0 spiro atoms. The van der Waals surface area contributed by atoms with Crippen LogP contribution >= 0.6 is 0 Å². The molecule has 0 aliphatic carbocycles. The minimum atomic E-state index is -4.46. The molecule has 3 nitrogen and oxygen atoms in total. The van der Waals surface area contributed by atoms with E-state index in [0.29, 0.717) is 11.1 Å². The summed E-state index contributed by atoms with van der Waals surface area (Å²) in [5.74, 6) is -1.09. The van der Waals surface area contributed by atoms with E-state index in [9.17, 15) is 22.4 Å². The standard InChI is InChI=1S/C16H18F4O3/c1-10(21)22-7-11-6-12(17)4-5-13(11)14(2,3)8-15(9-23-15)16(18,19)20/h4-6H,7-9H2,1-3H3. The SMILES string of the molecule is CC(=O)OCc1cc(F)ccc1C(C)(C)CC1(C(F)(F)F)CO1. The van der Waals surface area contributed by atoms with Gasteiger partial charge in [-0.3, -0.25) is 4.79 Å². The van der Waals surface area contributed by atoms with E-state index in [4.69, 9.17) is 9.47 Å². The predicted octanol–water partition coefficient (Wildman–Crippen LogP) is 3.89. The van der Waals surface area contributed by atoms with Crippen LogP contribution in [-0.4, -0.2) is 24.4 Å². The number of esters is 1. The highest BCUT2D eigenvalue weighted by Gasteiger charge is 2.67. The van der Waals surface area contributed by atoms with Gasteiger partial charge in [-0.2, -0.15) is 13.2 Å². The Hall–Kier alpha value is -1.63. The van der Waals surface area contributed by atoms with Crippen molar-refractivity contribution in [3.63, 3.8) is 0 Å². The van der Waals surface area contributed by atoms with Crippen LogP contribution in [0.3, 0.4) is 0 Å². The Labute approximate surface area is 131 Å². The predicted molar refractivity (Wildman–Crippen MR) is 74.3 cm³/mol. The summed E-state index contributed by atoms with van der Waals surface area (Å²) in [4.78, 5) is 10.9. The van der Waals surface area contributed by atoms with Gasteiger partial charge >= 0.3 is 12.1 Å². The number of ether oxygens (including phenoxy) is 2. The van der Waals surface area contributed by atoms with Crippen LogP contribution in [0.15, 0.2) is 18.2 Å². The van der Waals surface area contributed by atoms with E-state index in [-0.39, 0.29) is 19.6 Å². The van der Waals surface area contributed by atoms with E-state index in [2.05, 4.69) is 0 Å². The number of hydrogen-bond donors (Lipinski definition) is 0. The summed E-state index contributed by atoms with van der Waals surface area (Å²) in [5.41, 5.74) is -2.24. The molecule has 128 valence electrons. The molecule has 1 atom stereocenters. The lowest BCUT2D eigenvalue weighted by Crippen LogP contribution is -2.39. The molecule has 2 rings (SSSR count). The average molecular weight is 334 g/mol. The fraction of sp³-hybridized carbons (Fsp3) is 0.562. The molecule has 1 aliphatic heterocycles. The van der Waals surface area contributed by atoms with E-state index in [1.807, 2.05) is 0 Å². The Morgan fingerprint density at radius 3 is 2.43 bits per heavy atom. The first-order chi connectivity index (χ1) is 10.5. The zero-order valence-corrected chi connectivity index (χ0v) is 13.1. The topological polar surface area (TPSA) is 38.8 Å². The zero-order chi connectivity index (χ0) is 17.5. The lowest BCUT2D eigenvalue weighted by molar-refractivity contribution is -0.188. The minimum absolute atomic E-state index is 0.189. The fourth-order valence-corrected chi connectivity index (χ4v) is 2.78. The Morgan fingerprint density at radius 1 is 1.35 bits per heavy atom. The quantitative estimate of drug-likeness (QED) is 0.466. The van der Waals surface area contributed by atoms with E-state index in [0.717, 1.165) is 0 Å². The van der Waals surface area contributed by atoms with Crippen molar-refractivity contribution in [3.8, 4) is 0 Å². The molecule has 0 radical (unpaired) electrons. The molecule has 1 fully saturated rings. The molecule has 1 heterocycles. The van der Waals surface area contributed by atoms with Crippen LogP contribution in [0.4, 0.5) is 17.6 Å². The first kappa shape index (κ1) is 17.7. The second kappa shape index (κ2) is 5.78. The molecule has 1 saturated heterocycles. The van der Waals surface area contributed by atoms with Gasteiger partial charge in [-0.25, -0.2) is 4.39 Å². The Morgan fingerprint density at radius 2 is 1.96 bits per heavy atom. The summed E-state index contributed by atoms with van der Waals surface area (Å²) in [7, 11) is 0. The number of carbonyl (C=O) groups excluding carboxylic acids is 1. The molecule has 0 amide bonds. The molecule has 7 heteroatoms. The van der Waals surface area contributed by atoms with Crippen LogP contribution in [0.2, 0.25) is 0 Å². The summed E-state index contributed by atoms with van der Waals surface area (Å²) >= 11 is 0. The largest absolute Gasteiger partial charge is 0.461 e. The molecule has 0 bridgehead atoms. The Bertz CT molecular complexity index is 604. The smallest absolute Gasteiger partial charge is 0.419 e. The third-order valence-corrected chi connectivity index (χ3v) is 3.96. The molecule has 23 heavy (non-hydrogen) atoms. The van der Waals surface area contributed by atoms with Gasteiger partial charge in [-0.1, -0.05) is 19.9 Å². The number of alkyl halides is 3. The monoisotopic (exact) mass is 334 g/mol. The van der Waals surface area contributed by atoms with Gasteiger partial charge in [-0.15, -0.1) is 0 Å².